The van der Waals surface area contributed by atoms with Crippen LogP contribution in [0.25, 0.3) is 0 Å². The van der Waals surface area contributed by atoms with Gasteiger partial charge in [0, 0.05) is 19.0 Å². The summed E-state index contributed by atoms with van der Waals surface area (Å²) in [5.41, 5.74) is 0.745. The third-order valence-corrected chi connectivity index (χ3v) is 5.73. The van der Waals surface area contributed by atoms with Gasteiger partial charge in [-0.3, -0.25) is 0 Å². The van der Waals surface area contributed by atoms with Crippen LogP contribution in [-0.4, -0.2) is 27.7 Å². The van der Waals surface area contributed by atoms with Crippen molar-refractivity contribution in [1.82, 2.24) is 4.72 Å². The second kappa shape index (κ2) is 5.91. The molecule has 0 amide bonds. The number of alkyl halides is 1. The van der Waals surface area contributed by atoms with Crippen molar-refractivity contribution >= 4 is 26.0 Å². The maximum Gasteiger partial charge on any atom is 0.240 e. The molecule has 0 heterocycles. The maximum absolute atomic E-state index is 12.2. The van der Waals surface area contributed by atoms with Crippen LogP contribution in [0.5, 0.6) is 0 Å². The van der Waals surface area contributed by atoms with Crippen LogP contribution in [0.4, 0.5) is 0 Å². The maximum atomic E-state index is 12.2. The Kier molecular flexibility index (Phi) is 4.66. The molecule has 1 saturated carbocycles. The molecule has 1 aromatic rings. The Balaban J connectivity index is 2.05. The highest BCUT2D eigenvalue weighted by atomic mass is 79.9. The fourth-order valence-corrected chi connectivity index (χ4v) is 3.58. The summed E-state index contributed by atoms with van der Waals surface area (Å²) in [5, 5.41) is 0.716. The second-order valence-electron chi connectivity index (χ2n) is 4.84. The first kappa shape index (κ1) is 15.0. The number of hydrogen-bond donors (Lipinski definition) is 1. The Hall–Kier alpha value is -0.430. The largest absolute Gasteiger partial charge is 0.377 e. The van der Waals surface area contributed by atoms with Gasteiger partial charge in [0.05, 0.1) is 10.5 Å². The monoisotopic (exact) mass is 347 g/mol. The first-order chi connectivity index (χ1) is 9.01. The molecule has 106 valence electrons. The number of rotatable bonds is 6. The zero-order valence-electron chi connectivity index (χ0n) is 10.9. The van der Waals surface area contributed by atoms with Crippen molar-refractivity contribution in [2.75, 3.05) is 13.7 Å². The summed E-state index contributed by atoms with van der Waals surface area (Å²) < 4.78 is 32.4. The number of sulfonamides is 1. The summed E-state index contributed by atoms with van der Waals surface area (Å²) in [7, 11) is -1.81. The van der Waals surface area contributed by atoms with Gasteiger partial charge in [0.15, 0.2) is 0 Å². The molecule has 0 aliphatic heterocycles. The average Bonchev–Trinajstić information content (AvgIpc) is 2.38. The zero-order chi connectivity index (χ0) is 13.9. The number of benzene rings is 1. The van der Waals surface area contributed by atoms with Crippen molar-refractivity contribution in [3.63, 3.8) is 0 Å². The lowest BCUT2D eigenvalue weighted by atomic mass is 9.80. The highest BCUT2D eigenvalue weighted by Crippen LogP contribution is 2.34. The van der Waals surface area contributed by atoms with Crippen LogP contribution in [0, 0.1) is 0 Å². The number of ether oxygens (including phenoxy) is 1. The van der Waals surface area contributed by atoms with Crippen LogP contribution in [0.15, 0.2) is 29.2 Å². The van der Waals surface area contributed by atoms with Crippen LogP contribution in [0.2, 0.25) is 0 Å². The summed E-state index contributed by atoms with van der Waals surface area (Å²) in [6.07, 6.45) is 2.92. The third kappa shape index (κ3) is 3.37. The Labute approximate surface area is 122 Å². The highest BCUT2D eigenvalue weighted by Gasteiger charge is 2.37. The Bertz CT molecular complexity index is 518. The Morgan fingerprint density at radius 3 is 2.37 bits per heavy atom. The molecule has 2 rings (SSSR count). The quantitative estimate of drug-likeness (QED) is 0.804. The summed E-state index contributed by atoms with van der Waals surface area (Å²) in [6.45, 7) is 0.339. The van der Waals surface area contributed by atoms with Gasteiger partial charge in [-0.1, -0.05) is 28.1 Å². The van der Waals surface area contributed by atoms with E-state index >= 15 is 0 Å². The van der Waals surface area contributed by atoms with Gasteiger partial charge in [-0.05, 0) is 37.0 Å². The molecule has 1 aromatic carbocycles. The summed E-state index contributed by atoms with van der Waals surface area (Å²) >= 11 is 3.33. The van der Waals surface area contributed by atoms with E-state index in [1.54, 1.807) is 31.4 Å². The molecule has 19 heavy (non-hydrogen) atoms. The van der Waals surface area contributed by atoms with E-state index in [2.05, 4.69) is 20.7 Å². The third-order valence-electron chi connectivity index (χ3n) is 3.67. The minimum Gasteiger partial charge on any atom is -0.377 e. The predicted octanol–water partition coefficient (Wildman–Crippen LogP) is 2.43. The molecule has 0 radical (unpaired) electrons. The van der Waals surface area contributed by atoms with Gasteiger partial charge in [-0.15, -0.1) is 0 Å². The van der Waals surface area contributed by atoms with Crippen molar-refractivity contribution < 1.29 is 13.2 Å². The smallest absolute Gasteiger partial charge is 0.240 e. The van der Waals surface area contributed by atoms with Crippen LogP contribution in [0.1, 0.15) is 24.8 Å². The van der Waals surface area contributed by atoms with E-state index in [-0.39, 0.29) is 5.60 Å². The molecule has 0 bridgehead atoms. The minimum absolute atomic E-state index is 0.294. The first-order valence-corrected chi connectivity index (χ1v) is 8.81. The highest BCUT2D eigenvalue weighted by molar-refractivity contribution is 9.08. The predicted molar refractivity (Wildman–Crippen MR) is 77.9 cm³/mol. The van der Waals surface area contributed by atoms with Gasteiger partial charge in [0.2, 0.25) is 10.0 Å². The Morgan fingerprint density at radius 2 is 1.95 bits per heavy atom. The lowest BCUT2D eigenvalue weighted by Crippen LogP contribution is -2.49. The molecule has 0 saturated heterocycles. The van der Waals surface area contributed by atoms with E-state index in [4.69, 9.17) is 4.74 Å². The zero-order valence-corrected chi connectivity index (χ0v) is 13.3. The number of nitrogens with one attached hydrogen (secondary N) is 1. The molecule has 0 aromatic heterocycles. The summed E-state index contributed by atoms with van der Waals surface area (Å²) in [4.78, 5) is 0.294. The normalized spacial score (nSPS) is 18.0. The van der Waals surface area contributed by atoms with Gasteiger partial charge in [0.1, 0.15) is 0 Å². The van der Waals surface area contributed by atoms with E-state index in [1.807, 2.05) is 0 Å². The summed E-state index contributed by atoms with van der Waals surface area (Å²) in [5.74, 6) is 0. The van der Waals surface area contributed by atoms with Crippen LogP contribution >= 0.6 is 15.9 Å². The molecule has 6 heteroatoms. The lowest BCUT2D eigenvalue weighted by Gasteiger charge is -2.40. The molecule has 1 N–H and O–H groups in total. The van der Waals surface area contributed by atoms with Gasteiger partial charge in [-0.2, -0.15) is 0 Å². The van der Waals surface area contributed by atoms with E-state index in [0.717, 1.165) is 24.8 Å². The van der Waals surface area contributed by atoms with Crippen LogP contribution in [-0.2, 0) is 20.1 Å². The minimum atomic E-state index is -3.45. The van der Waals surface area contributed by atoms with Crippen molar-refractivity contribution in [1.29, 1.82) is 0 Å². The van der Waals surface area contributed by atoms with E-state index < -0.39 is 10.0 Å². The topological polar surface area (TPSA) is 55.4 Å². The molecule has 1 aliphatic carbocycles. The molecule has 1 fully saturated rings. The average molecular weight is 348 g/mol. The molecular weight excluding hydrogens is 330 g/mol. The van der Waals surface area contributed by atoms with Crippen molar-refractivity contribution in [3.8, 4) is 0 Å². The van der Waals surface area contributed by atoms with E-state index in [9.17, 15) is 8.42 Å². The summed E-state index contributed by atoms with van der Waals surface area (Å²) in [6, 6.07) is 6.86. The SMILES string of the molecule is COC1(CNS(=O)(=O)c2ccc(CBr)cc2)CCC1. The lowest BCUT2D eigenvalue weighted by molar-refractivity contribution is -0.0659. The van der Waals surface area contributed by atoms with Gasteiger partial charge < -0.3 is 4.74 Å². The fraction of sp³-hybridized carbons (Fsp3) is 0.538. The van der Waals surface area contributed by atoms with Crippen molar-refractivity contribution in [3.05, 3.63) is 29.8 Å². The van der Waals surface area contributed by atoms with Crippen LogP contribution in [0.3, 0.4) is 0 Å². The van der Waals surface area contributed by atoms with Crippen molar-refractivity contribution in [2.45, 2.75) is 35.1 Å². The molecule has 0 unspecified atom stereocenters. The molecule has 0 spiro atoms. The molecule has 4 nitrogen and oxygen atoms in total. The fourth-order valence-electron chi connectivity index (χ4n) is 2.09. The van der Waals surface area contributed by atoms with Crippen LogP contribution < -0.4 is 4.72 Å². The Morgan fingerprint density at radius 1 is 1.32 bits per heavy atom. The standard InChI is InChI=1S/C13H18BrNO3S/c1-18-13(7-2-8-13)10-15-19(16,17)12-5-3-11(9-14)4-6-12/h3-6,15H,2,7-10H2,1H3. The number of hydrogen-bond acceptors (Lipinski definition) is 3. The van der Waals surface area contributed by atoms with Gasteiger partial charge in [-0.25, -0.2) is 13.1 Å². The molecule has 1 aliphatic rings. The van der Waals surface area contributed by atoms with Crippen molar-refractivity contribution in [2.24, 2.45) is 0 Å². The van der Waals surface area contributed by atoms with Gasteiger partial charge in [0.25, 0.3) is 0 Å². The van der Waals surface area contributed by atoms with Gasteiger partial charge >= 0.3 is 0 Å². The first-order valence-electron chi connectivity index (χ1n) is 6.21. The molecule has 0 atom stereocenters. The number of methoxy groups -OCH3 is 1. The van der Waals surface area contributed by atoms with E-state index in [0.29, 0.717) is 16.8 Å². The second-order valence-corrected chi connectivity index (χ2v) is 7.17. The molecular formula is C13H18BrNO3S. The van der Waals surface area contributed by atoms with E-state index in [1.165, 1.54) is 0 Å². The number of halogens is 1.